The van der Waals surface area contributed by atoms with Crippen LogP contribution in [-0.2, 0) is 5.88 Å². The fourth-order valence-corrected chi connectivity index (χ4v) is 1.81. The minimum atomic E-state index is 0.496. The van der Waals surface area contributed by atoms with Gasteiger partial charge < -0.3 is 0 Å². The summed E-state index contributed by atoms with van der Waals surface area (Å²) in [5.41, 5.74) is 4.30. The van der Waals surface area contributed by atoms with Gasteiger partial charge in [-0.3, -0.25) is 4.57 Å². The molecule has 0 aromatic carbocycles. The van der Waals surface area contributed by atoms with E-state index in [1.807, 2.05) is 31.5 Å². The highest BCUT2D eigenvalue weighted by Gasteiger charge is 2.08. The van der Waals surface area contributed by atoms with Crippen molar-refractivity contribution in [3.63, 3.8) is 0 Å². The van der Waals surface area contributed by atoms with Gasteiger partial charge in [-0.1, -0.05) is 0 Å². The molecule has 0 aliphatic heterocycles. The lowest BCUT2D eigenvalue weighted by Crippen LogP contribution is -2.02. The largest absolute Gasteiger partial charge is 0.287 e. The molecule has 0 unspecified atom stereocenters. The van der Waals surface area contributed by atoms with Gasteiger partial charge in [-0.2, -0.15) is 0 Å². The molecule has 0 saturated carbocycles. The zero-order valence-corrected chi connectivity index (χ0v) is 10.4. The quantitative estimate of drug-likeness (QED) is 0.750. The Morgan fingerprint density at radius 1 is 1.25 bits per heavy atom. The highest BCUT2D eigenvalue weighted by atomic mass is 35.5. The molecule has 84 valence electrons. The van der Waals surface area contributed by atoms with Gasteiger partial charge in [0.1, 0.15) is 12.1 Å². The molecule has 2 rings (SSSR count). The highest BCUT2D eigenvalue weighted by molar-refractivity contribution is 6.17. The summed E-state index contributed by atoms with van der Waals surface area (Å²) < 4.78 is 2.00. The van der Waals surface area contributed by atoms with Crippen LogP contribution >= 0.6 is 11.6 Å². The molecular formula is C12H14ClN3. The van der Waals surface area contributed by atoms with E-state index < -0.39 is 0 Å². The number of aromatic nitrogens is 3. The van der Waals surface area contributed by atoms with Gasteiger partial charge >= 0.3 is 0 Å². The number of imidazole rings is 1. The molecule has 0 atom stereocenters. The lowest BCUT2D eigenvalue weighted by atomic mass is 10.2. The molecule has 0 fully saturated rings. The molecule has 2 heterocycles. The average molecular weight is 236 g/mol. The molecule has 0 saturated heterocycles. The number of pyridine rings is 1. The maximum atomic E-state index is 5.77. The van der Waals surface area contributed by atoms with Crippen molar-refractivity contribution in [2.24, 2.45) is 0 Å². The maximum absolute atomic E-state index is 5.77. The molecule has 0 N–H and O–H groups in total. The van der Waals surface area contributed by atoms with Crippen LogP contribution in [0.1, 0.15) is 22.5 Å². The Hall–Kier alpha value is -1.35. The van der Waals surface area contributed by atoms with Crippen LogP contribution in [0.5, 0.6) is 0 Å². The Morgan fingerprint density at radius 2 is 2.00 bits per heavy atom. The normalized spacial score (nSPS) is 10.8. The number of aryl methyl sites for hydroxylation is 2. The van der Waals surface area contributed by atoms with E-state index in [4.69, 9.17) is 11.6 Å². The summed E-state index contributed by atoms with van der Waals surface area (Å²) in [6.45, 7) is 6.07. The molecule has 0 aliphatic carbocycles. The SMILES string of the molecule is Cc1cc(CCl)cnc1-n1cnc(C)c1C. The van der Waals surface area contributed by atoms with E-state index in [0.29, 0.717) is 5.88 Å². The highest BCUT2D eigenvalue weighted by Crippen LogP contribution is 2.17. The van der Waals surface area contributed by atoms with E-state index in [0.717, 1.165) is 28.3 Å². The number of rotatable bonds is 2. The predicted octanol–water partition coefficient (Wildman–Crippen LogP) is 2.93. The monoisotopic (exact) mass is 235 g/mol. The second-order valence-electron chi connectivity index (χ2n) is 3.90. The van der Waals surface area contributed by atoms with E-state index in [1.54, 1.807) is 6.33 Å². The fourth-order valence-electron chi connectivity index (χ4n) is 1.66. The summed E-state index contributed by atoms with van der Waals surface area (Å²) in [7, 11) is 0. The van der Waals surface area contributed by atoms with Crippen LogP contribution in [0, 0.1) is 20.8 Å². The predicted molar refractivity (Wildman–Crippen MR) is 65.1 cm³/mol. The van der Waals surface area contributed by atoms with Crippen molar-refractivity contribution in [2.75, 3.05) is 0 Å². The van der Waals surface area contributed by atoms with Crippen LogP contribution in [0.2, 0.25) is 0 Å². The van der Waals surface area contributed by atoms with Crippen LogP contribution in [0.4, 0.5) is 0 Å². The number of nitrogens with zero attached hydrogens (tertiary/aromatic N) is 3. The van der Waals surface area contributed by atoms with Crippen molar-refractivity contribution in [1.29, 1.82) is 0 Å². The zero-order chi connectivity index (χ0) is 11.7. The van der Waals surface area contributed by atoms with E-state index in [2.05, 4.69) is 16.0 Å². The second-order valence-corrected chi connectivity index (χ2v) is 4.17. The maximum Gasteiger partial charge on any atom is 0.140 e. The number of hydrogen-bond donors (Lipinski definition) is 0. The lowest BCUT2D eigenvalue weighted by Gasteiger charge is -2.08. The minimum absolute atomic E-state index is 0.496. The number of halogens is 1. The molecule has 0 radical (unpaired) electrons. The van der Waals surface area contributed by atoms with Crippen molar-refractivity contribution >= 4 is 11.6 Å². The van der Waals surface area contributed by atoms with E-state index in [-0.39, 0.29) is 0 Å². The fraction of sp³-hybridized carbons (Fsp3) is 0.333. The van der Waals surface area contributed by atoms with E-state index in [1.165, 1.54) is 0 Å². The Balaban J connectivity index is 2.52. The first kappa shape index (κ1) is 11.1. The molecule has 0 amide bonds. The molecule has 4 heteroatoms. The van der Waals surface area contributed by atoms with Gasteiger partial charge in [0.2, 0.25) is 0 Å². The van der Waals surface area contributed by atoms with Crippen molar-refractivity contribution in [2.45, 2.75) is 26.7 Å². The van der Waals surface area contributed by atoms with Crippen molar-refractivity contribution < 1.29 is 0 Å². The van der Waals surface area contributed by atoms with E-state index >= 15 is 0 Å². The third-order valence-electron chi connectivity index (χ3n) is 2.74. The van der Waals surface area contributed by atoms with E-state index in [9.17, 15) is 0 Å². The Morgan fingerprint density at radius 3 is 2.50 bits per heavy atom. The lowest BCUT2D eigenvalue weighted by molar-refractivity contribution is 0.931. The third-order valence-corrected chi connectivity index (χ3v) is 3.05. The standard InChI is InChI=1S/C12H14ClN3/c1-8-4-11(5-13)6-14-12(8)16-7-15-9(2)10(16)3/h4,6-7H,5H2,1-3H3. The summed E-state index contributed by atoms with van der Waals surface area (Å²) in [5.74, 6) is 1.42. The van der Waals surface area contributed by atoms with Crippen molar-refractivity contribution in [1.82, 2.24) is 14.5 Å². The summed E-state index contributed by atoms with van der Waals surface area (Å²) in [6.07, 6.45) is 3.62. The van der Waals surface area contributed by atoms with Crippen LogP contribution in [0.15, 0.2) is 18.6 Å². The molecule has 0 bridgehead atoms. The van der Waals surface area contributed by atoms with Gasteiger partial charge in [-0.25, -0.2) is 9.97 Å². The third kappa shape index (κ3) is 1.83. The summed E-state index contributed by atoms with van der Waals surface area (Å²) in [5, 5.41) is 0. The van der Waals surface area contributed by atoms with Crippen molar-refractivity contribution in [3.8, 4) is 5.82 Å². The van der Waals surface area contributed by atoms with Crippen LogP contribution in [0.25, 0.3) is 5.82 Å². The summed E-state index contributed by atoms with van der Waals surface area (Å²) in [6, 6.07) is 2.06. The van der Waals surface area contributed by atoms with Crippen LogP contribution in [0.3, 0.4) is 0 Å². The molecule has 2 aromatic heterocycles. The smallest absolute Gasteiger partial charge is 0.140 e. The molecule has 3 nitrogen and oxygen atoms in total. The van der Waals surface area contributed by atoms with Crippen LogP contribution < -0.4 is 0 Å². The van der Waals surface area contributed by atoms with Gasteiger partial charge in [-0.15, -0.1) is 11.6 Å². The van der Waals surface area contributed by atoms with Gasteiger partial charge in [-0.05, 0) is 38.0 Å². The number of hydrogen-bond acceptors (Lipinski definition) is 2. The average Bonchev–Trinajstić information content (AvgIpc) is 2.60. The molecule has 0 aliphatic rings. The van der Waals surface area contributed by atoms with Gasteiger partial charge in [0.05, 0.1) is 5.69 Å². The molecule has 2 aromatic rings. The Kier molecular flexibility index (Phi) is 2.97. The second kappa shape index (κ2) is 4.26. The zero-order valence-electron chi connectivity index (χ0n) is 9.66. The first-order valence-electron chi connectivity index (χ1n) is 5.16. The first-order chi connectivity index (χ1) is 7.63. The summed E-state index contributed by atoms with van der Waals surface area (Å²) >= 11 is 5.77. The van der Waals surface area contributed by atoms with Crippen molar-refractivity contribution in [3.05, 3.63) is 41.1 Å². The Labute approximate surface area is 100 Å². The first-order valence-corrected chi connectivity index (χ1v) is 5.69. The topological polar surface area (TPSA) is 30.7 Å². The summed E-state index contributed by atoms with van der Waals surface area (Å²) in [4.78, 5) is 8.71. The van der Waals surface area contributed by atoms with Gasteiger partial charge in [0.15, 0.2) is 0 Å². The molecule has 16 heavy (non-hydrogen) atoms. The molecule has 0 spiro atoms. The minimum Gasteiger partial charge on any atom is -0.287 e. The number of alkyl halides is 1. The van der Waals surface area contributed by atoms with Crippen LogP contribution in [-0.4, -0.2) is 14.5 Å². The Bertz CT molecular complexity index is 517. The van der Waals surface area contributed by atoms with Gasteiger partial charge in [0.25, 0.3) is 0 Å². The van der Waals surface area contributed by atoms with Gasteiger partial charge in [0, 0.05) is 17.8 Å². The molecular weight excluding hydrogens is 222 g/mol.